The van der Waals surface area contributed by atoms with Crippen molar-refractivity contribution in [1.82, 2.24) is 9.88 Å². The molecule has 1 unspecified atom stereocenters. The Labute approximate surface area is 178 Å². The van der Waals surface area contributed by atoms with E-state index in [2.05, 4.69) is 10.6 Å². The molecule has 2 aromatic carbocycles. The molecule has 8 heteroatoms. The molecular formula is C23H23N3O5. The van der Waals surface area contributed by atoms with Crippen molar-refractivity contribution < 1.29 is 19.8 Å². The summed E-state index contributed by atoms with van der Waals surface area (Å²) < 4.78 is 1.20. The van der Waals surface area contributed by atoms with Crippen LogP contribution in [-0.4, -0.2) is 26.8 Å². The monoisotopic (exact) mass is 421 g/mol. The Balaban J connectivity index is 1.82. The zero-order chi connectivity index (χ0) is 22.5. The highest BCUT2D eigenvalue weighted by Gasteiger charge is 2.20. The number of hydrogen-bond donors (Lipinski definition) is 4. The summed E-state index contributed by atoms with van der Waals surface area (Å²) in [4.78, 5) is 35.9. The Kier molecular flexibility index (Phi) is 6.40. The van der Waals surface area contributed by atoms with E-state index in [9.17, 15) is 24.6 Å². The van der Waals surface area contributed by atoms with Gasteiger partial charge < -0.3 is 25.4 Å². The van der Waals surface area contributed by atoms with Crippen LogP contribution in [0.5, 0.6) is 5.75 Å². The number of carbonyl (C=O) groups is 2. The summed E-state index contributed by atoms with van der Waals surface area (Å²) in [5.41, 5.74) is 2.86. The first-order chi connectivity index (χ1) is 14.8. The third-order valence-corrected chi connectivity index (χ3v) is 4.94. The number of carboxylic acids is 1. The van der Waals surface area contributed by atoms with Gasteiger partial charge in [-0.1, -0.05) is 48.5 Å². The van der Waals surface area contributed by atoms with Crippen LogP contribution in [0.15, 0.2) is 65.6 Å². The zero-order valence-electron chi connectivity index (χ0n) is 17.1. The van der Waals surface area contributed by atoms with E-state index < -0.39 is 23.6 Å². The number of urea groups is 1. The summed E-state index contributed by atoms with van der Waals surface area (Å²) in [5.74, 6) is -1.47. The number of nitrogens with one attached hydrogen (secondary N) is 2. The number of aromatic nitrogens is 1. The average Bonchev–Trinajstić information content (AvgIpc) is 2.74. The van der Waals surface area contributed by atoms with E-state index in [-0.39, 0.29) is 17.9 Å². The fraction of sp³-hybridized carbons (Fsp3) is 0.174. The number of anilines is 1. The number of aromatic hydroxyl groups is 1. The van der Waals surface area contributed by atoms with Crippen molar-refractivity contribution in [2.75, 3.05) is 5.32 Å². The van der Waals surface area contributed by atoms with Gasteiger partial charge in [0.1, 0.15) is 5.75 Å². The third-order valence-electron chi connectivity index (χ3n) is 4.94. The molecule has 8 nitrogen and oxygen atoms in total. The second kappa shape index (κ2) is 9.17. The molecule has 0 aliphatic carbocycles. The van der Waals surface area contributed by atoms with Crippen molar-refractivity contribution in [1.29, 1.82) is 0 Å². The lowest BCUT2D eigenvalue weighted by Crippen LogP contribution is -2.35. The van der Waals surface area contributed by atoms with E-state index >= 15 is 0 Å². The lowest BCUT2D eigenvalue weighted by atomic mass is 9.97. The van der Waals surface area contributed by atoms with Crippen LogP contribution in [0, 0.1) is 6.92 Å². The molecular weight excluding hydrogens is 398 g/mol. The van der Waals surface area contributed by atoms with Gasteiger partial charge in [-0.05, 0) is 35.2 Å². The van der Waals surface area contributed by atoms with Gasteiger partial charge in [0.25, 0.3) is 5.56 Å². The molecule has 1 aromatic heterocycles. The quantitative estimate of drug-likeness (QED) is 0.486. The normalized spacial score (nSPS) is 11.5. The largest absolute Gasteiger partial charge is 0.505 e. The van der Waals surface area contributed by atoms with Crippen LogP contribution in [0.2, 0.25) is 0 Å². The Morgan fingerprint density at radius 3 is 2.39 bits per heavy atom. The number of carboxylic acid groups (broad SMARTS) is 1. The van der Waals surface area contributed by atoms with Crippen molar-refractivity contribution >= 4 is 17.7 Å². The number of pyridine rings is 1. The molecule has 0 radical (unpaired) electrons. The SMILES string of the molecule is Cc1ccccc1-c1ccc(C(CC(=O)O)NC(=O)Nc2c(O)ccn(C)c2=O)cc1. The number of amides is 2. The molecule has 0 saturated carbocycles. The maximum Gasteiger partial charge on any atom is 0.319 e. The van der Waals surface area contributed by atoms with Gasteiger partial charge in [0.05, 0.1) is 12.5 Å². The molecule has 0 spiro atoms. The summed E-state index contributed by atoms with van der Waals surface area (Å²) in [6.07, 6.45) is 1.01. The second-order valence-corrected chi connectivity index (χ2v) is 7.18. The van der Waals surface area contributed by atoms with E-state index in [0.717, 1.165) is 16.7 Å². The Morgan fingerprint density at radius 2 is 1.74 bits per heavy atom. The average molecular weight is 421 g/mol. The Hall–Kier alpha value is -4.07. The first-order valence-corrected chi connectivity index (χ1v) is 9.60. The van der Waals surface area contributed by atoms with Gasteiger partial charge in [-0.25, -0.2) is 4.79 Å². The van der Waals surface area contributed by atoms with Crippen LogP contribution < -0.4 is 16.2 Å². The maximum absolute atomic E-state index is 12.5. The van der Waals surface area contributed by atoms with Gasteiger partial charge in [-0.15, -0.1) is 0 Å². The van der Waals surface area contributed by atoms with Crippen molar-refractivity contribution in [2.24, 2.45) is 7.05 Å². The highest BCUT2D eigenvalue weighted by Crippen LogP contribution is 2.26. The minimum Gasteiger partial charge on any atom is -0.505 e. The predicted molar refractivity (Wildman–Crippen MR) is 117 cm³/mol. The summed E-state index contributed by atoms with van der Waals surface area (Å²) in [6, 6.07) is 14.8. The van der Waals surface area contributed by atoms with Crippen molar-refractivity contribution in [3.8, 4) is 16.9 Å². The smallest absolute Gasteiger partial charge is 0.319 e. The molecule has 160 valence electrons. The molecule has 0 aliphatic heterocycles. The van der Waals surface area contributed by atoms with Gasteiger partial charge >= 0.3 is 12.0 Å². The first-order valence-electron chi connectivity index (χ1n) is 9.60. The number of hydrogen-bond acceptors (Lipinski definition) is 4. The predicted octanol–water partition coefficient (Wildman–Crippen LogP) is 3.40. The van der Waals surface area contributed by atoms with Crippen LogP contribution in [-0.2, 0) is 11.8 Å². The van der Waals surface area contributed by atoms with Gasteiger partial charge in [0.2, 0.25) is 0 Å². The van der Waals surface area contributed by atoms with Crippen LogP contribution in [0.3, 0.4) is 0 Å². The highest BCUT2D eigenvalue weighted by molar-refractivity contribution is 5.91. The minimum atomic E-state index is -1.09. The number of rotatable bonds is 6. The maximum atomic E-state index is 12.5. The molecule has 3 aromatic rings. The minimum absolute atomic E-state index is 0.286. The molecule has 0 bridgehead atoms. The molecule has 0 aliphatic rings. The Morgan fingerprint density at radius 1 is 1.06 bits per heavy atom. The van der Waals surface area contributed by atoms with Gasteiger partial charge in [-0.2, -0.15) is 0 Å². The van der Waals surface area contributed by atoms with Crippen molar-refractivity contribution in [2.45, 2.75) is 19.4 Å². The number of nitrogens with zero attached hydrogens (tertiary/aromatic N) is 1. The second-order valence-electron chi connectivity index (χ2n) is 7.18. The summed E-state index contributed by atoms with van der Waals surface area (Å²) in [7, 11) is 1.48. The van der Waals surface area contributed by atoms with E-state index in [4.69, 9.17) is 0 Å². The molecule has 1 heterocycles. The summed E-state index contributed by atoms with van der Waals surface area (Å²) in [5, 5.41) is 24.0. The highest BCUT2D eigenvalue weighted by atomic mass is 16.4. The fourth-order valence-electron chi connectivity index (χ4n) is 3.26. The molecule has 31 heavy (non-hydrogen) atoms. The van der Waals surface area contributed by atoms with Crippen LogP contribution in [0.25, 0.3) is 11.1 Å². The number of benzene rings is 2. The zero-order valence-corrected chi connectivity index (χ0v) is 17.1. The fourth-order valence-corrected chi connectivity index (χ4v) is 3.26. The lowest BCUT2D eigenvalue weighted by Gasteiger charge is -2.19. The number of carbonyl (C=O) groups excluding carboxylic acids is 1. The summed E-state index contributed by atoms with van der Waals surface area (Å²) >= 11 is 0. The molecule has 4 N–H and O–H groups in total. The molecule has 3 rings (SSSR count). The lowest BCUT2D eigenvalue weighted by molar-refractivity contribution is -0.137. The number of aryl methyl sites for hydroxylation is 2. The molecule has 2 amide bonds. The first kappa shape index (κ1) is 21.6. The Bertz CT molecular complexity index is 1170. The van der Waals surface area contributed by atoms with E-state index in [1.807, 2.05) is 43.3 Å². The van der Waals surface area contributed by atoms with Crippen molar-refractivity contribution in [3.05, 3.63) is 82.3 Å². The number of aliphatic carboxylic acids is 1. The standard InChI is InChI=1S/C23H23N3O5/c1-14-5-3-4-6-17(14)15-7-9-16(10-8-15)18(13-20(28)29)24-23(31)25-21-19(27)11-12-26(2)22(21)30/h3-12,18,27H,13H2,1-2H3,(H,28,29)(H2,24,25,31). The van der Waals surface area contributed by atoms with Crippen molar-refractivity contribution in [3.63, 3.8) is 0 Å². The van der Waals surface area contributed by atoms with E-state index in [0.29, 0.717) is 5.56 Å². The van der Waals surface area contributed by atoms with Crippen LogP contribution >= 0.6 is 0 Å². The molecule has 0 saturated heterocycles. The van der Waals surface area contributed by atoms with Crippen LogP contribution in [0.1, 0.15) is 23.6 Å². The molecule has 0 fully saturated rings. The summed E-state index contributed by atoms with van der Waals surface area (Å²) in [6.45, 7) is 2.01. The third kappa shape index (κ3) is 5.11. The topological polar surface area (TPSA) is 121 Å². The molecule has 1 atom stereocenters. The van der Waals surface area contributed by atoms with E-state index in [1.54, 1.807) is 12.1 Å². The van der Waals surface area contributed by atoms with Gasteiger partial charge in [0.15, 0.2) is 5.69 Å². The van der Waals surface area contributed by atoms with Gasteiger partial charge in [-0.3, -0.25) is 9.59 Å². The van der Waals surface area contributed by atoms with Crippen LogP contribution in [0.4, 0.5) is 10.5 Å². The van der Waals surface area contributed by atoms with Gasteiger partial charge in [0, 0.05) is 13.2 Å². The van der Waals surface area contributed by atoms with E-state index in [1.165, 1.54) is 23.9 Å².